The summed E-state index contributed by atoms with van der Waals surface area (Å²) in [6.07, 6.45) is 1.41. The maximum Gasteiger partial charge on any atom is 0.182 e. The predicted molar refractivity (Wildman–Crippen MR) is 65.9 cm³/mol. The van der Waals surface area contributed by atoms with Crippen LogP contribution >= 0.6 is 15.9 Å². The minimum Gasteiger partial charge on any atom is -0.223 e. The van der Waals surface area contributed by atoms with Gasteiger partial charge in [-0.1, -0.05) is 28.1 Å². The Bertz CT molecular complexity index is 490. The van der Waals surface area contributed by atoms with Crippen LogP contribution in [0.3, 0.4) is 0 Å². The molecule has 0 spiro atoms. The topological polar surface area (TPSA) is 34.1 Å². The van der Waals surface area contributed by atoms with Crippen LogP contribution in [0.2, 0.25) is 0 Å². The van der Waals surface area contributed by atoms with Gasteiger partial charge in [0, 0.05) is 4.47 Å². The van der Waals surface area contributed by atoms with E-state index in [0.29, 0.717) is 4.90 Å². The van der Waals surface area contributed by atoms with Crippen molar-refractivity contribution >= 4 is 25.8 Å². The lowest BCUT2D eigenvalue weighted by molar-refractivity contribution is 0.598. The van der Waals surface area contributed by atoms with Gasteiger partial charge in [0.25, 0.3) is 0 Å². The van der Waals surface area contributed by atoms with Gasteiger partial charge in [0.2, 0.25) is 0 Å². The Balaban J connectivity index is 3.39. The molecule has 0 aliphatic carbocycles. The molecular formula is C11H13BrO2S. The van der Waals surface area contributed by atoms with Gasteiger partial charge in [0.05, 0.1) is 10.6 Å². The molecule has 0 atom stereocenters. The van der Waals surface area contributed by atoms with Crippen molar-refractivity contribution in [3.63, 3.8) is 0 Å². The monoisotopic (exact) mass is 288 g/mol. The summed E-state index contributed by atoms with van der Waals surface area (Å²) in [6.45, 7) is 7.18. The zero-order chi connectivity index (χ0) is 11.6. The third-order valence-corrected chi connectivity index (χ3v) is 4.77. The summed E-state index contributed by atoms with van der Waals surface area (Å²) in [7, 11) is -3.23. The van der Waals surface area contributed by atoms with Gasteiger partial charge in [-0.05, 0) is 31.0 Å². The van der Waals surface area contributed by atoms with E-state index >= 15 is 0 Å². The summed E-state index contributed by atoms with van der Waals surface area (Å²) in [6, 6.07) is 3.52. The molecule has 0 aliphatic heterocycles. The minimum atomic E-state index is -3.23. The van der Waals surface area contributed by atoms with Crippen molar-refractivity contribution in [3.05, 3.63) is 40.4 Å². The second kappa shape index (κ2) is 4.49. The standard InChI is InChI=1S/C11H13BrO2S/c1-4-5-15(13,14)11-7-10(12)8(2)6-9(11)3/h4,6-7H,1,5H2,2-3H3. The third kappa shape index (κ3) is 2.69. The largest absolute Gasteiger partial charge is 0.223 e. The van der Waals surface area contributed by atoms with Crippen LogP contribution in [0.1, 0.15) is 11.1 Å². The first kappa shape index (κ1) is 12.5. The van der Waals surface area contributed by atoms with Gasteiger partial charge >= 0.3 is 0 Å². The molecule has 0 amide bonds. The number of hydrogen-bond donors (Lipinski definition) is 0. The average Bonchev–Trinajstić information content (AvgIpc) is 2.11. The fourth-order valence-corrected chi connectivity index (χ4v) is 3.22. The summed E-state index contributed by atoms with van der Waals surface area (Å²) in [5.41, 5.74) is 1.81. The summed E-state index contributed by atoms with van der Waals surface area (Å²) in [4.78, 5) is 0.375. The van der Waals surface area contributed by atoms with E-state index in [1.807, 2.05) is 13.0 Å². The SMILES string of the molecule is C=CCS(=O)(=O)c1cc(Br)c(C)cc1C. The van der Waals surface area contributed by atoms with Crippen molar-refractivity contribution in [1.29, 1.82) is 0 Å². The Morgan fingerprint density at radius 3 is 2.47 bits per heavy atom. The first-order valence-electron chi connectivity index (χ1n) is 4.49. The second-order valence-corrected chi connectivity index (χ2v) is 6.29. The van der Waals surface area contributed by atoms with Crippen molar-refractivity contribution in [1.82, 2.24) is 0 Å². The fraction of sp³-hybridized carbons (Fsp3) is 0.273. The lowest BCUT2D eigenvalue weighted by Crippen LogP contribution is -2.06. The molecule has 1 rings (SSSR count). The lowest BCUT2D eigenvalue weighted by Gasteiger charge is -2.08. The highest BCUT2D eigenvalue weighted by Crippen LogP contribution is 2.25. The normalized spacial score (nSPS) is 11.4. The second-order valence-electron chi connectivity index (χ2n) is 3.44. The number of hydrogen-bond acceptors (Lipinski definition) is 2. The number of aryl methyl sites for hydroxylation is 2. The Morgan fingerprint density at radius 2 is 1.93 bits per heavy atom. The molecule has 0 aromatic heterocycles. The molecule has 15 heavy (non-hydrogen) atoms. The zero-order valence-corrected chi connectivity index (χ0v) is 11.2. The molecule has 2 nitrogen and oxygen atoms in total. The maximum absolute atomic E-state index is 11.8. The van der Waals surface area contributed by atoms with Gasteiger partial charge in [-0.3, -0.25) is 0 Å². The Hall–Kier alpha value is -0.610. The molecule has 82 valence electrons. The number of benzene rings is 1. The summed E-state index contributed by atoms with van der Waals surface area (Å²) in [5.74, 6) is -0.0245. The first-order valence-corrected chi connectivity index (χ1v) is 6.93. The molecule has 0 saturated heterocycles. The Morgan fingerprint density at radius 1 is 1.33 bits per heavy atom. The van der Waals surface area contributed by atoms with Crippen LogP contribution in [0, 0.1) is 13.8 Å². The third-order valence-electron chi connectivity index (χ3n) is 2.13. The van der Waals surface area contributed by atoms with Gasteiger partial charge in [0.15, 0.2) is 9.84 Å². The molecule has 0 unspecified atom stereocenters. The molecule has 4 heteroatoms. The van der Waals surface area contributed by atoms with Crippen molar-refractivity contribution in [2.75, 3.05) is 5.75 Å². The van der Waals surface area contributed by atoms with E-state index in [2.05, 4.69) is 22.5 Å². The van der Waals surface area contributed by atoms with Crippen molar-refractivity contribution in [3.8, 4) is 0 Å². The van der Waals surface area contributed by atoms with Crippen molar-refractivity contribution in [2.24, 2.45) is 0 Å². The molecule has 0 radical (unpaired) electrons. The Labute approximate surface area is 99.1 Å². The van der Waals surface area contributed by atoms with Gasteiger partial charge in [-0.2, -0.15) is 0 Å². The van der Waals surface area contributed by atoms with Crippen molar-refractivity contribution < 1.29 is 8.42 Å². The van der Waals surface area contributed by atoms with Crippen LogP contribution in [0.4, 0.5) is 0 Å². The van der Waals surface area contributed by atoms with Gasteiger partial charge in [-0.15, -0.1) is 6.58 Å². The van der Waals surface area contributed by atoms with Crippen LogP contribution in [0.25, 0.3) is 0 Å². The molecule has 0 fully saturated rings. The lowest BCUT2D eigenvalue weighted by atomic mass is 10.2. The summed E-state index contributed by atoms with van der Waals surface area (Å²) < 4.78 is 24.5. The number of halogens is 1. The van der Waals surface area contributed by atoms with E-state index in [-0.39, 0.29) is 5.75 Å². The van der Waals surface area contributed by atoms with Crippen LogP contribution < -0.4 is 0 Å². The molecule has 1 aromatic carbocycles. The highest BCUT2D eigenvalue weighted by molar-refractivity contribution is 9.10. The van der Waals surface area contributed by atoms with Crippen LogP contribution in [0.5, 0.6) is 0 Å². The summed E-state index contributed by atoms with van der Waals surface area (Å²) in [5, 5.41) is 0. The average molecular weight is 289 g/mol. The fourth-order valence-electron chi connectivity index (χ4n) is 1.39. The molecule has 1 aromatic rings. The van der Waals surface area contributed by atoms with Gasteiger partial charge in [0.1, 0.15) is 0 Å². The van der Waals surface area contributed by atoms with Gasteiger partial charge in [-0.25, -0.2) is 8.42 Å². The van der Waals surface area contributed by atoms with Crippen LogP contribution in [-0.4, -0.2) is 14.2 Å². The molecular weight excluding hydrogens is 276 g/mol. The number of sulfone groups is 1. The molecule has 0 bridgehead atoms. The number of rotatable bonds is 3. The summed E-state index contributed by atoms with van der Waals surface area (Å²) >= 11 is 3.33. The van der Waals surface area contributed by atoms with E-state index in [1.54, 1.807) is 13.0 Å². The highest BCUT2D eigenvalue weighted by Gasteiger charge is 2.16. The van der Waals surface area contributed by atoms with E-state index in [4.69, 9.17) is 0 Å². The van der Waals surface area contributed by atoms with Gasteiger partial charge < -0.3 is 0 Å². The predicted octanol–water partition coefficient (Wildman–Crippen LogP) is 3.03. The molecule has 0 heterocycles. The Kier molecular flexibility index (Phi) is 3.73. The highest BCUT2D eigenvalue weighted by atomic mass is 79.9. The molecule has 0 N–H and O–H groups in total. The molecule has 0 saturated carbocycles. The molecule has 0 aliphatic rings. The van der Waals surface area contributed by atoms with Crippen molar-refractivity contribution in [2.45, 2.75) is 18.7 Å². The van der Waals surface area contributed by atoms with E-state index in [0.717, 1.165) is 15.6 Å². The van der Waals surface area contributed by atoms with E-state index < -0.39 is 9.84 Å². The maximum atomic E-state index is 11.8. The van der Waals surface area contributed by atoms with E-state index in [9.17, 15) is 8.42 Å². The minimum absolute atomic E-state index is 0.0245. The first-order chi connectivity index (χ1) is 6.88. The van der Waals surface area contributed by atoms with Crippen LogP contribution in [-0.2, 0) is 9.84 Å². The van der Waals surface area contributed by atoms with E-state index in [1.165, 1.54) is 6.08 Å². The zero-order valence-electron chi connectivity index (χ0n) is 8.75. The van der Waals surface area contributed by atoms with Crippen LogP contribution in [0.15, 0.2) is 34.2 Å². The quantitative estimate of drug-likeness (QED) is 0.802. The smallest absolute Gasteiger partial charge is 0.182 e.